The van der Waals surface area contributed by atoms with E-state index >= 15 is 0 Å². The predicted molar refractivity (Wildman–Crippen MR) is 100 cm³/mol. The maximum atomic E-state index is 12.4. The van der Waals surface area contributed by atoms with Gasteiger partial charge in [-0.2, -0.15) is 0 Å². The number of hydrogen-bond donors (Lipinski definition) is 1. The second-order valence-corrected chi connectivity index (χ2v) is 6.19. The van der Waals surface area contributed by atoms with Crippen LogP contribution in [0.3, 0.4) is 0 Å². The van der Waals surface area contributed by atoms with E-state index in [2.05, 4.69) is 25.2 Å². The van der Waals surface area contributed by atoms with Crippen molar-refractivity contribution in [2.75, 3.05) is 36.4 Å². The van der Waals surface area contributed by atoms with Gasteiger partial charge in [0.2, 0.25) is 0 Å². The maximum Gasteiger partial charge on any atom is 0.289 e. The Morgan fingerprint density at radius 3 is 2.70 bits per heavy atom. The van der Waals surface area contributed by atoms with Crippen molar-refractivity contribution in [3.8, 4) is 0 Å². The van der Waals surface area contributed by atoms with Crippen LogP contribution in [-0.2, 0) is 6.54 Å². The standard InChI is InChI=1S/C19H20N6O2/c26-19(16-5-3-11-27-16)25-9-7-24(8-10-25)18-12-17(22-14-23-18)21-13-15-4-1-2-6-20-15/h1-6,11-12,14H,7-10,13H2,(H,21,22,23). The van der Waals surface area contributed by atoms with Gasteiger partial charge in [-0.15, -0.1) is 0 Å². The third-order valence-electron chi connectivity index (χ3n) is 4.45. The van der Waals surface area contributed by atoms with E-state index in [9.17, 15) is 4.79 Å². The van der Waals surface area contributed by atoms with Crippen LogP contribution in [0.2, 0.25) is 0 Å². The first kappa shape index (κ1) is 17.0. The van der Waals surface area contributed by atoms with E-state index in [0.717, 1.165) is 17.3 Å². The van der Waals surface area contributed by atoms with Gasteiger partial charge < -0.3 is 19.5 Å². The van der Waals surface area contributed by atoms with Crippen LogP contribution >= 0.6 is 0 Å². The van der Waals surface area contributed by atoms with Crippen molar-refractivity contribution in [3.05, 3.63) is 66.6 Å². The Labute approximate surface area is 156 Å². The average Bonchev–Trinajstić information content (AvgIpc) is 3.28. The molecule has 1 N–H and O–H groups in total. The van der Waals surface area contributed by atoms with E-state index in [1.807, 2.05) is 24.3 Å². The molecule has 0 bridgehead atoms. The Hall–Kier alpha value is -3.42. The smallest absolute Gasteiger partial charge is 0.289 e. The molecule has 0 unspecified atom stereocenters. The number of hydrogen-bond acceptors (Lipinski definition) is 7. The lowest BCUT2D eigenvalue weighted by Crippen LogP contribution is -2.49. The number of amides is 1. The van der Waals surface area contributed by atoms with Crippen LogP contribution in [0.25, 0.3) is 0 Å². The van der Waals surface area contributed by atoms with Gasteiger partial charge in [-0.05, 0) is 24.3 Å². The fraction of sp³-hybridized carbons (Fsp3) is 0.263. The molecule has 0 atom stereocenters. The number of piperazine rings is 1. The molecule has 3 aromatic rings. The quantitative estimate of drug-likeness (QED) is 0.741. The molecule has 0 saturated carbocycles. The van der Waals surface area contributed by atoms with Gasteiger partial charge in [0.05, 0.1) is 18.5 Å². The molecule has 1 aliphatic rings. The largest absolute Gasteiger partial charge is 0.459 e. The summed E-state index contributed by atoms with van der Waals surface area (Å²) in [5, 5.41) is 3.27. The van der Waals surface area contributed by atoms with Crippen LogP contribution in [0.5, 0.6) is 0 Å². The van der Waals surface area contributed by atoms with Crippen LogP contribution in [0, 0.1) is 0 Å². The van der Waals surface area contributed by atoms with Gasteiger partial charge in [-0.1, -0.05) is 6.07 Å². The van der Waals surface area contributed by atoms with Crippen molar-refractivity contribution in [1.82, 2.24) is 19.9 Å². The van der Waals surface area contributed by atoms with Gasteiger partial charge in [0.15, 0.2) is 5.76 Å². The van der Waals surface area contributed by atoms with E-state index in [0.29, 0.717) is 38.5 Å². The summed E-state index contributed by atoms with van der Waals surface area (Å²) in [6.45, 7) is 3.27. The molecular formula is C19H20N6O2. The molecule has 0 aromatic carbocycles. The number of pyridine rings is 1. The summed E-state index contributed by atoms with van der Waals surface area (Å²) in [4.78, 5) is 29.2. The number of nitrogens with one attached hydrogen (secondary N) is 1. The summed E-state index contributed by atoms with van der Waals surface area (Å²) in [6.07, 6.45) is 4.84. The van der Waals surface area contributed by atoms with E-state index in [-0.39, 0.29) is 5.91 Å². The molecule has 4 heterocycles. The molecule has 1 aliphatic heterocycles. The zero-order valence-corrected chi connectivity index (χ0v) is 14.8. The molecule has 27 heavy (non-hydrogen) atoms. The minimum Gasteiger partial charge on any atom is -0.459 e. The molecule has 138 valence electrons. The van der Waals surface area contributed by atoms with Gasteiger partial charge in [-0.3, -0.25) is 9.78 Å². The molecule has 3 aromatic heterocycles. The first-order chi connectivity index (χ1) is 13.3. The molecule has 4 rings (SSSR count). The van der Waals surface area contributed by atoms with Crippen molar-refractivity contribution >= 4 is 17.5 Å². The molecule has 1 saturated heterocycles. The maximum absolute atomic E-state index is 12.4. The van der Waals surface area contributed by atoms with E-state index in [1.54, 1.807) is 29.6 Å². The summed E-state index contributed by atoms with van der Waals surface area (Å²) in [7, 11) is 0. The Morgan fingerprint density at radius 1 is 1.07 bits per heavy atom. The van der Waals surface area contributed by atoms with Crippen LogP contribution in [0.1, 0.15) is 16.2 Å². The summed E-state index contributed by atoms with van der Waals surface area (Å²) < 4.78 is 5.20. The first-order valence-electron chi connectivity index (χ1n) is 8.83. The predicted octanol–water partition coefficient (Wildman–Crippen LogP) is 2.04. The SMILES string of the molecule is O=C(c1ccco1)N1CCN(c2cc(NCc3ccccn3)ncn2)CC1. The van der Waals surface area contributed by atoms with E-state index < -0.39 is 0 Å². The number of carbonyl (C=O) groups is 1. The van der Waals surface area contributed by atoms with E-state index in [4.69, 9.17) is 4.42 Å². The van der Waals surface area contributed by atoms with Crippen molar-refractivity contribution in [2.45, 2.75) is 6.54 Å². The summed E-state index contributed by atoms with van der Waals surface area (Å²) in [6, 6.07) is 11.2. The molecule has 0 radical (unpaired) electrons. The second-order valence-electron chi connectivity index (χ2n) is 6.19. The zero-order chi connectivity index (χ0) is 18.5. The highest BCUT2D eigenvalue weighted by Gasteiger charge is 2.24. The minimum absolute atomic E-state index is 0.0694. The average molecular weight is 364 g/mol. The van der Waals surface area contributed by atoms with Crippen LogP contribution in [0.15, 0.2) is 59.6 Å². The number of furan rings is 1. The Morgan fingerprint density at radius 2 is 1.96 bits per heavy atom. The Kier molecular flexibility index (Phi) is 4.95. The molecule has 1 amide bonds. The fourth-order valence-corrected chi connectivity index (χ4v) is 3.00. The van der Waals surface area contributed by atoms with Crippen molar-refractivity contribution < 1.29 is 9.21 Å². The lowest BCUT2D eigenvalue weighted by Gasteiger charge is -2.35. The van der Waals surface area contributed by atoms with Gasteiger partial charge in [0.25, 0.3) is 5.91 Å². The van der Waals surface area contributed by atoms with Crippen LogP contribution in [-0.4, -0.2) is 51.9 Å². The highest BCUT2D eigenvalue weighted by molar-refractivity contribution is 5.91. The number of aromatic nitrogens is 3. The van der Waals surface area contributed by atoms with Gasteiger partial charge >= 0.3 is 0 Å². The Balaban J connectivity index is 1.35. The molecule has 1 fully saturated rings. The highest BCUT2D eigenvalue weighted by Crippen LogP contribution is 2.18. The normalized spacial score (nSPS) is 14.2. The van der Waals surface area contributed by atoms with Gasteiger partial charge in [-0.25, -0.2) is 9.97 Å². The number of nitrogens with zero attached hydrogens (tertiary/aromatic N) is 5. The van der Waals surface area contributed by atoms with Gasteiger partial charge in [0.1, 0.15) is 18.0 Å². The number of carbonyl (C=O) groups excluding carboxylic acids is 1. The Bertz CT molecular complexity index is 876. The summed E-state index contributed by atoms with van der Waals surface area (Å²) in [5.74, 6) is 1.91. The number of rotatable bonds is 5. The fourth-order valence-electron chi connectivity index (χ4n) is 3.00. The molecule has 0 spiro atoms. The van der Waals surface area contributed by atoms with Crippen molar-refractivity contribution in [2.24, 2.45) is 0 Å². The third-order valence-corrected chi connectivity index (χ3v) is 4.45. The summed E-state index contributed by atoms with van der Waals surface area (Å²) in [5.41, 5.74) is 0.947. The van der Waals surface area contributed by atoms with Gasteiger partial charge in [0, 0.05) is 38.4 Å². The first-order valence-corrected chi connectivity index (χ1v) is 8.83. The van der Waals surface area contributed by atoms with Crippen LogP contribution < -0.4 is 10.2 Å². The monoisotopic (exact) mass is 364 g/mol. The highest BCUT2D eigenvalue weighted by atomic mass is 16.3. The zero-order valence-electron chi connectivity index (χ0n) is 14.8. The topological polar surface area (TPSA) is 87.4 Å². The molecular weight excluding hydrogens is 344 g/mol. The lowest BCUT2D eigenvalue weighted by atomic mass is 10.2. The second kappa shape index (κ2) is 7.86. The minimum atomic E-state index is -0.0694. The molecule has 8 nitrogen and oxygen atoms in total. The molecule has 0 aliphatic carbocycles. The van der Waals surface area contributed by atoms with Crippen molar-refractivity contribution in [1.29, 1.82) is 0 Å². The lowest BCUT2D eigenvalue weighted by molar-refractivity contribution is 0.0714. The third kappa shape index (κ3) is 4.05. The molecule has 8 heteroatoms. The number of anilines is 2. The van der Waals surface area contributed by atoms with Crippen LogP contribution in [0.4, 0.5) is 11.6 Å². The van der Waals surface area contributed by atoms with E-state index in [1.165, 1.54) is 6.26 Å². The summed E-state index contributed by atoms with van der Waals surface area (Å²) >= 11 is 0. The van der Waals surface area contributed by atoms with Crippen molar-refractivity contribution in [3.63, 3.8) is 0 Å².